The minimum Gasteiger partial charge on any atom is -0.310 e. The van der Waals surface area contributed by atoms with Gasteiger partial charge in [0.1, 0.15) is 0 Å². The summed E-state index contributed by atoms with van der Waals surface area (Å²) in [5, 5.41) is 4.92. The molecule has 0 saturated carbocycles. The van der Waals surface area contributed by atoms with E-state index in [0.29, 0.717) is 0 Å². The summed E-state index contributed by atoms with van der Waals surface area (Å²) in [7, 11) is 0. The number of aromatic nitrogens is 1. The van der Waals surface area contributed by atoms with Gasteiger partial charge in [-0.1, -0.05) is 188 Å². The molecule has 0 aliphatic carbocycles. The summed E-state index contributed by atoms with van der Waals surface area (Å²) in [6.07, 6.45) is 0. The Labute approximate surface area is 350 Å². The number of fused-ring (bicyclic) bond motifs is 4. The van der Waals surface area contributed by atoms with E-state index in [1.165, 1.54) is 60.4 Å². The smallest absolute Gasteiger partial charge is 0.0561 e. The van der Waals surface area contributed by atoms with Crippen molar-refractivity contribution in [1.82, 2.24) is 4.57 Å². The Hall–Kier alpha value is -7.94. The SMILES string of the molecule is c1ccc(-c2ccc(-n3c4ccccc4c4ccc(N(c5ccccc5)c5ccc(-c6cccc7ccccc67)cc5-c5ccccc5)cc43)cc2-c2ccccc2)cc1. The van der Waals surface area contributed by atoms with Crippen molar-refractivity contribution in [2.45, 2.75) is 0 Å². The maximum Gasteiger partial charge on any atom is 0.0561 e. The molecule has 0 radical (unpaired) electrons. The third kappa shape index (κ3) is 6.23. The predicted molar refractivity (Wildman–Crippen MR) is 255 cm³/mol. The van der Waals surface area contributed by atoms with Crippen LogP contribution in [0.25, 0.3) is 82.8 Å². The number of hydrogen-bond donors (Lipinski definition) is 0. The molecule has 11 aromatic rings. The van der Waals surface area contributed by atoms with Crippen molar-refractivity contribution in [3.63, 3.8) is 0 Å². The lowest BCUT2D eigenvalue weighted by molar-refractivity contribution is 1.18. The van der Waals surface area contributed by atoms with E-state index < -0.39 is 0 Å². The zero-order valence-corrected chi connectivity index (χ0v) is 33.0. The highest BCUT2D eigenvalue weighted by atomic mass is 15.1. The van der Waals surface area contributed by atoms with Crippen LogP contribution in [0.1, 0.15) is 0 Å². The van der Waals surface area contributed by atoms with Gasteiger partial charge < -0.3 is 9.47 Å². The molecule has 0 spiro atoms. The summed E-state index contributed by atoms with van der Waals surface area (Å²) >= 11 is 0. The standard InChI is InChI=1S/C58H40N2/c1-5-18-41(19-6-1)51-35-33-47(39-54(51)43-20-7-2-8-21-43)60-56-31-16-15-29-52(56)53-36-34-48(40-58(53)60)59(46-26-11-4-12-27-46)57-37-32-45(38-55(57)44-22-9-3-10-23-44)50-30-17-25-42-24-13-14-28-49(42)50/h1-40H. The van der Waals surface area contributed by atoms with Crippen LogP contribution in [0.3, 0.4) is 0 Å². The average Bonchev–Trinajstić information content (AvgIpc) is 3.66. The summed E-state index contributed by atoms with van der Waals surface area (Å²) in [6, 6.07) is 88.0. The van der Waals surface area contributed by atoms with Gasteiger partial charge in [-0.05, 0) is 104 Å². The highest BCUT2D eigenvalue weighted by Crippen LogP contribution is 2.45. The van der Waals surface area contributed by atoms with E-state index in [4.69, 9.17) is 0 Å². The Morgan fingerprint density at radius 1 is 0.283 bits per heavy atom. The second-order valence-corrected chi connectivity index (χ2v) is 15.3. The van der Waals surface area contributed by atoms with Crippen LogP contribution in [0.5, 0.6) is 0 Å². The van der Waals surface area contributed by atoms with E-state index in [-0.39, 0.29) is 0 Å². The van der Waals surface area contributed by atoms with Gasteiger partial charge in [0, 0.05) is 33.4 Å². The van der Waals surface area contributed by atoms with Gasteiger partial charge in [-0.15, -0.1) is 0 Å². The molecule has 0 amide bonds. The van der Waals surface area contributed by atoms with E-state index in [9.17, 15) is 0 Å². The molecule has 2 heteroatoms. The van der Waals surface area contributed by atoms with Gasteiger partial charge in [0.25, 0.3) is 0 Å². The third-order valence-electron chi connectivity index (χ3n) is 11.8. The molecule has 11 rings (SSSR count). The van der Waals surface area contributed by atoms with Crippen molar-refractivity contribution in [2.24, 2.45) is 0 Å². The van der Waals surface area contributed by atoms with Gasteiger partial charge in [-0.2, -0.15) is 0 Å². The van der Waals surface area contributed by atoms with Gasteiger partial charge in [-0.25, -0.2) is 0 Å². The fourth-order valence-electron chi connectivity index (χ4n) is 9.00. The van der Waals surface area contributed by atoms with Crippen LogP contribution in [-0.2, 0) is 0 Å². The normalized spacial score (nSPS) is 11.3. The van der Waals surface area contributed by atoms with Gasteiger partial charge >= 0.3 is 0 Å². The molecule has 0 N–H and O–H groups in total. The van der Waals surface area contributed by atoms with Crippen LogP contribution in [-0.4, -0.2) is 4.57 Å². The molecule has 1 heterocycles. The van der Waals surface area contributed by atoms with Crippen LogP contribution >= 0.6 is 0 Å². The first-order valence-corrected chi connectivity index (χ1v) is 20.6. The van der Waals surface area contributed by atoms with Crippen LogP contribution < -0.4 is 4.90 Å². The van der Waals surface area contributed by atoms with Crippen molar-refractivity contribution in [1.29, 1.82) is 0 Å². The zero-order chi connectivity index (χ0) is 39.8. The van der Waals surface area contributed by atoms with Crippen molar-refractivity contribution >= 4 is 49.6 Å². The number of rotatable bonds is 8. The molecule has 60 heavy (non-hydrogen) atoms. The highest BCUT2D eigenvalue weighted by Gasteiger charge is 2.22. The first kappa shape index (κ1) is 35.2. The first-order valence-electron chi connectivity index (χ1n) is 20.6. The van der Waals surface area contributed by atoms with Gasteiger partial charge in [0.2, 0.25) is 0 Å². The Bertz CT molecular complexity index is 3290. The molecule has 0 aliphatic heterocycles. The van der Waals surface area contributed by atoms with E-state index >= 15 is 0 Å². The quantitative estimate of drug-likeness (QED) is 0.150. The lowest BCUT2D eigenvalue weighted by atomic mass is 9.93. The van der Waals surface area contributed by atoms with Crippen molar-refractivity contribution in [3.05, 3.63) is 243 Å². The Kier molecular flexibility index (Phi) is 8.87. The van der Waals surface area contributed by atoms with Gasteiger partial charge in [-0.3, -0.25) is 0 Å². The second-order valence-electron chi connectivity index (χ2n) is 15.3. The predicted octanol–water partition coefficient (Wildman–Crippen LogP) is 16.1. The van der Waals surface area contributed by atoms with E-state index in [1.807, 2.05) is 0 Å². The summed E-state index contributed by atoms with van der Waals surface area (Å²) in [6.45, 7) is 0. The Balaban J connectivity index is 1.14. The van der Waals surface area contributed by atoms with E-state index in [2.05, 4.69) is 252 Å². The molecular weight excluding hydrogens is 725 g/mol. The van der Waals surface area contributed by atoms with Crippen molar-refractivity contribution in [2.75, 3.05) is 4.90 Å². The second kappa shape index (κ2) is 15.1. The van der Waals surface area contributed by atoms with E-state index in [0.717, 1.165) is 39.4 Å². The Morgan fingerprint density at radius 2 is 0.867 bits per heavy atom. The molecular formula is C58H40N2. The molecule has 282 valence electrons. The summed E-state index contributed by atoms with van der Waals surface area (Å²) in [5.41, 5.74) is 16.3. The van der Waals surface area contributed by atoms with Gasteiger partial charge in [0.05, 0.1) is 16.7 Å². The third-order valence-corrected chi connectivity index (χ3v) is 11.8. The van der Waals surface area contributed by atoms with Crippen LogP contribution in [0.4, 0.5) is 17.1 Å². The van der Waals surface area contributed by atoms with E-state index in [1.54, 1.807) is 0 Å². The van der Waals surface area contributed by atoms with Crippen LogP contribution in [0.15, 0.2) is 243 Å². The molecule has 0 aliphatic rings. The first-order chi connectivity index (χ1) is 29.8. The van der Waals surface area contributed by atoms with Crippen molar-refractivity contribution in [3.8, 4) is 50.2 Å². The summed E-state index contributed by atoms with van der Waals surface area (Å²) in [4.78, 5) is 2.42. The maximum atomic E-state index is 2.44. The number of nitrogens with zero attached hydrogens (tertiary/aromatic N) is 2. The topological polar surface area (TPSA) is 8.17 Å². The molecule has 0 bridgehead atoms. The molecule has 10 aromatic carbocycles. The van der Waals surface area contributed by atoms with Crippen molar-refractivity contribution < 1.29 is 0 Å². The number of anilines is 3. The minimum atomic E-state index is 1.08. The Morgan fingerprint density at radius 3 is 1.60 bits per heavy atom. The number of hydrogen-bond acceptors (Lipinski definition) is 1. The van der Waals surface area contributed by atoms with Crippen LogP contribution in [0, 0.1) is 0 Å². The molecule has 0 unspecified atom stereocenters. The molecule has 0 saturated heterocycles. The lowest BCUT2D eigenvalue weighted by Crippen LogP contribution is -2.11. The maximum absolute atomic E-state index is 2.44. The largest absolute Gasteiger partial charge is 0.310 e. The molecule has 2 nitrogen and oxygen atoms in total. The monoisotopic (exact) mass is 764 g/mol. The summed E-state index contributed by atoms with van der Waals surface area (Å²) in [5.74, 6) is 0. The molecule has 1 aromatic heterocycles. The minimum absolute atomic E-state index is 1.08. The highest BCUT2D eigenvalue weighted by molar-refractivity contribution is 6.11. The average molecular weight is 765 g/mol. The molecule has 0 atom stereocenters. The zero-order valence-electron chi connectivity index (χ0n) is 33.0. The fraction of sp³-hybridized carbons (Fsp3) is 0. The number of benzene rings is 10. The number of para-hydroxylation sites is 2. The fourth-order valence-corrected chi connectivity index (χ4v) is 9.00. The van der Waals surface area contributed by atoms with Crippen LogP contribution in [0.2, 0.25) is 0 Å². The lowest BCUT2D eigenvalue weighted by Gasteiger charge is -2.28. The summed E-state index contributed by atoms with van der Waals surface area (Å²) < 4.78 is 2.44. The molecule has 0 fully saturated rings. The van der Waals surface area contributed by atoms with Gasteiger partial charge in [0.15, 0.2) is 0 Å².